The van der Waals surface area contributed by atoms with Gasteiger partial charge in [-0.15, -0.1) is 12.3 Å². The number of hydrogen-bond donors (Lipinski definition) is 0. The van der Waals surface area contributed by atoms with Crippen LogP contribution in [0.2, 0.25) is 0 Å². The lowest BCUT2D eigenvalue weighted by Gasteiger charge is -2.14. The SMILES string of the molecule is C#CCC1=C(C)[C@@H](OC(=O)C2C(C)(C)C2(C)C)CC1=C. The first-order chi connectivity index (χ1) is 9.14. The van der Waals surface area contributed by atoms with E-state index in [1.807, 2.05) is 6.92 Å². The molecule has 2 aliphatic rings. The van der Waals surface area contributed by atoms with Gasteiger partial charge in [-0.25, -0.2) is 0 Å². The molecule has 2 nitrogen and oxygen atoms in total. The molecule has 20 heavy (non-hydrogen) atoms. The molecule has 1 saturated carbocycles. The number of hydrogen-bond acceptors (Lipinski definition) is 2. The van der Waals surface area contributed by atoms with Gasteiger partial charge in [-0.1, -0.05) is 34.3 Å². The second kappa shape index (κ2) is 4.52. The van der Waals surface area contributed by atoms with E-state index in [0.29, 0.717) is 12.8 Å². The van der Waals surface area contributed by atoms with Crippen molar-refractivity contribution < 1.29 is 9.53 Å². The fraction of sp³-hybridized carbons (Fsp3) is 0.611. The van der Waals surface area contributed by atoms with Crippen LogP contribution in [0.4, 0.5) is 0 Å². The molecule has 0 aliphatic heterocycles. The molecule has 0 unspecified atom stereocenters. The van der Waals surface area contributed by atoms with E-state index in [4.69, 9.17) is 11.2 Å². The number of carbonyl (C=O) groups excluding carboxylic acids is 1. The Balaban J connectivity index is 2.08. The number of esters is 1. The van der Waals surface area contributed by atoms with Crippen LogP contribution in [0.15, 0.2) is 23.3 Å². The molecule has 0 heterocycles. The molecule has 0 aromatic heterocycles. The lowest BCUT2D eigenvalue weighted by molar-refractivity contribution is -0.150. The standard InChI is InChI=1S/C18H24O2/c1-8-9-13-11(2)10-14(12(13)3)20-16(19)15-17(4,5)18(15,6)7/h1,14-15H,2,9-10H2,3-7H3/t14-/m0/s1. The molecule has 1 atom stereocenters. The Labute approximate surface area is 122 Å². The first-order valence-electron chi connectivity index (χ1n) is 7.16. The summed E-state index contributed by atoms with van der Waals surface area (Å²) in [6, 6.07) is 0. The zero-order valence-electron chi connectivity index (χ0n) is 13.2. The fourth-order valence-corrected chi connectivity index (χ4v) is 3.46. The summed E-state index contributed by atoms with van der Waals surface area (Å²) in [5.41, 5.74) is 3.18. The Hall–Kier alpha value is -1.49. The highest BCUT2D eigenvalue weighted by Gasteiger charge is 2.69. The van der Waals surface area contributed by atoms with Crippen molar-refractivity contribution in [3.8, 4) is 12.3 Å². The van der Waals surface area contributed by atoms with Crippen LogP contribution in [0.5, 0.6) is 0 Å². The van der Waals surface area contributed by atoms with Crippen molar-refractivity contribution in [3.05, 3.63) is 23.3 Å². The highest BCUT2D eigenvalue weighted by atomic mass is 16.5. The maximum absolute atomic E-state index is 12.4. The van der Waals surface area contributed by atoms with Gasteiger partial charge in [0.25, 0.3) is 0 Å². The molecule has 108 valence electrons. The second-order valence-electron chi connectivity index (χ2n) is 7.15. The number of terminal acetylenes is 1. The van der Waals surface area contributed by atoms with E-state index >= 15 is 0 Å². The van der Waals surface area contributed by atoms with Gasteiger partial charge in [0.15, 0.2) is 0 Å². The van der Waals surface area contributed by atoms with Gasteiger partial charge in [0, 0.05) is 12.8 Å². The lowest BCUT2D eigenvalue weighted by atomic mass is 10.0. The van der Waals surface area contributed by atoms with E-state index in [-0.39, 0.29) is 28.8 Å². The number of ether oxygens (including phenoxy) is 1. The summed E-state index contributed by atoms with van der Waals surface area (Å²) in [6.45, 7) is 14.5. The van der Waals surface area contributed by atoms with Gasteiger partial charge in [-0.2, -0.15) is 0 Å². The Morgan fingerprint density at radius 2 is 1.95 bits per heavy atom. The number of carbonyl (C=O) groups is 1. The van der Waals surface area contributed by atoms with Gasteiger partial charge in [0.05, 0.1) is 5.92 Å². The zero-order valence-corrected chi connectivity index (χ0v) is 13.2. The normalized spacial score (nSPS) is 27.4. The van der Waals surface area contributed by atoms with Crippen molar-refractivity contribution in [2.75, 3.05) is 0 Å². The topological polar surface area (TPSA) is 26.3 Å². The van der Waals surface area contributed by atoms with Crippen molar-refractivity contribution in [2.45, 2.75) is 53.6 Å². The maximum Gasteiger partial charge on any atom is 0.310 e. The van der Waals surface area contributed by atoms with Gasteiger partial charge in [-0.3, -0.25) is 4.79 Å². The summed E-state index contributed by atoms with van der Waals surface area (Å²) < 4.78 is 5.74. The van der Waals surface area contributed by atoms with Crippen LogP contribution < -0.4 is 0 Å². The van der Waals surface area contributed by atoms with Gasteiger partial charge in [-0.05, 0) is 34.5 Å². The average Bonchev–Trinajstić information content (AvgIpc) is 2.58. The van der Waals surface area contributed by atoms with E-state index < -0.39 is 0 Å². The van der Waals surface area contributed by atoms with Crippen LogP contribution in [0.3, 0.4) is 0 Å². The van der Waals surface area contributed by atoms with Gasteiger partial charge >= 0.3 is 5.97 Å². The first kappa shape index (κ1) is 14.9. The second-order valence-corrected chi connectivity index (χ2v) is 7.15. The maximum atomic E-state index is 12.4. The summed E-state index contributed by atoms with van der Waals surface area (Å²) in [5, 5.41) is 0. The van der Waals surface area contributed by atoms with Crippen LogP contribution in [0.25, 0.3) is 0 Å². The van der Waals surface area contributed by atoms with Crippen LogP contribution in [0.1, 0.15) is 47.5 Å². The van der Waals surface area contributed by atoms with E-state index in [0.717, 1.165) is 16.7 Å². The molecule has 0 aromatic carbocycles. The molecule has 0 saturated heterocycles. The fourth-order valence-electron chi connectivity index (χ4n) is 3.46. The zero-order chi connectivity index (χ0) is 15.3. The molecule has 0 radical (unpaired) electrons. The van der Waals surface area contributed by atoms with Gasteiger partial charge in [0.2, 0.25) is 0 Å². The number of rotatable bonds is 3. The quantitative estimate of drug-likeness (QED) is 0.575. The van der Waals surface area contributed by atoms with Crippen molar-refractivity contribution in [2.24, 2.45) is 16.7 Å². The lowest BCUT2D eigenvalue weighted by Crippen LogP contribution is -2.20. The molecule has 1 fully saturated rings. The molecule has 0 aromatic rings. The van der Waals surface area contributed by atoms with Gasteiger partial charge in [0.1, 0.15) is 6.10 Å². The predicted molar refractivity (Wildman–Crippen MR) is 80.8 cm³/mol. The minimum Gasteiger partial charge on any atom is -0.457 e. The van der Waals surface area contributed by atoms with Crippen molar-refractivity contribution in [3.63, 3.8) is 0 Å². The smallest absolute Gasteiger partial charge is 0.310 e. The summed E-state index contributed by atoms with van der Waals surface area (Å²) in [6.07, 6.45) is 6.45. The van der Waals surface area contributed by atoms with Crippen LogP contribution in [-0.2, 0) is 9.53 Å². The molecule has 0 spiro atoms. The Morgan fingerprint density at radius 3 is 2.40 bits per heavy atom. The number of allylic oxidation sites excluding steroid dienone is 1. The summed E-state index contributed by atoms with van der Waals surface area (Å²) in [4.78, 5) is 12.4. The Kier molecular flexibility index (Phi) is 3.37. The minimum atomic E-state index is -0.175. The van der Waals surface area contributed by atoms with E-state index in [1.54, 1.807) is 0 Å². The molecule has 0 amide bonds. The highest BCUT2D eigenvalue weighted by Crippen LogP contribution is 2.68. The summed E-state index contributed by atoms with van der Waals surface area (Å²) in [5.74, 6) is 2.54. The molecule has 0 N–H and O–H groups in total. The molecular formula is C18H24O2. The Bertz CT molecular complexity index is 526. The predicted octanol–water partition coefficient (Wildman–Crippen LogP) is 3.88. The van der Waals surface area contributed by atoms with Crippen LogP contribution >= 0.6 is 0 Å². The monoisotopic (exact) mass is 272 g/mol. The van der Waals surface area contributed by atoms with Crippen molar-refractivity contribution in [1.29, 1.82) is 0 Å². The van der Waals surface area contributed by atoms with Crippen LogP contribution in [0, 0.1) is 29.1 Å². The first-order valence-corrected chi connectivity index (χ1v) is 7.16. The molecule has 2 aliphatic carbocycles. The molecular weight excluding hydrogens is 248 g/mol. The highest BCUT2D eigenvalue weighted by molar-refractivity contribution is 5.79. The largest absolute Gasteiger partial charge is 0.457 e. The third-order valence-electron chi connectivity index (χ3n) is 5.61. The van der Waals surface area contributed by atoms with Crippen molar-refractivity contribution in [1.82, 2.24) is 0 Å². The van der Waals surface area contributed by atoms with Gasteiger partial charge < -0.3 is 4.74 Å². The Morgan fingerprint density at radius 1 is 1.40 bits per heavy atom. The van der Waals surface area contributed by atoms with E-state index in [1.165, 1.54) is 0 Å². The molecule has 2 heteroatoms. The van der Waals surface area contributed by atoms with E-state index in [9.17, 15) is 4.79 Å². The molecule has 2 rings (SSSR count). The third kappa shape index (κ3) is 2.00. The molecule has 0 bridgehead atoms. The average molecular weight is 272 g/mol. The van der Waals surface area contributed by atoms with Crippen LogP contribution in [-0.4, -0.2) is 12.1 Å². The van der Waals surface area contributed by atoms with Crippen molar-refractivity contribution >= 4 is 5.97 Å². The minimum absolute atomic E-state index is 0.0129. The summed E-state index contributed by atoms with van der Waals surface area (Å²) >= 11 is 0. The summed E-state index contributed by atoms with van der Waals surface area (Å²) in [7, 11) is 0. The third-order valence-corrected chi connectivity index (χ3v) is 5.61. The van der Waals surface area contributed by atoms with E-state index in [2.05, 4.69) is 40.2 Å².